The maximum atomic E-state index is 8.63. The first kappa shape index (κ1) is 15.1. The normalized spacial score (nSPS) is 11.4. The molecular formula is C18H21NO2. The third-order valence-corrected chi connectivity index (χ3v) is 3.53. The van der Waals surface area contributed by atoms with E-state index in [9.17, 15) is 0 Å². The topological polar surface area (TPSA) is 41.8 Å². The van der Waals surface area contributed by atoms with Crippen molar-refractivity contribution in [3.63, 3.8) is 0 Å². The van der Waals surface area contributed by atoms with E-state index in [-0.39, 0.29) is 0 Å². The van der Waals surface area contributed by atoms with Gasteiger partial charge in [0, 0.05) is 0 Å². The smallest absolute Gasteiger partial charge is 0.119 e. The summed E-state index contributed by atoms with van der Waals surface area (Å²) in [6.45, 7) is 4.49. The highest BCUT2D eigenvalue weighted by molar-refractivity contribution is 5.81. The van der Waals surface area contributed by atoms with Crippen LogP contribution in [0, 0.1) is 6.92 Å². The van der Waals surface area contributed by atoms with Crippen molar-refractivity contribution in [2.24, 2.45) is 5.16 Å². The van der Waals surface area contributed by atoms with Crippen molar-refractivity contribution in [1.82, 2.24) is 0 Å². The minimum Gasteiger partial charge on any atom is -0.489 e. The number of aryl methyl sites for hydroxylation is 2. The third kappa shape index (κ3) is 4.63. The largest absolute Gasteiger partial charge is 0.489 e. The molecule has 0 saturated heterocycles. The fourth-order valence-corrected chi connectivity index (χ4v) is 2.06. The lowest BCUT2D eigenvalue weighted by Crippen LogP contribution is -1.98. The van der Waals surface area contributed by atoms with Crippen LogP contribution in [0.4, 0.5) is 0 Å². The average molecular weight is 283 g/mol. The second-order valence-electron chi connectivity index (χ2n) is 5.19. The van der Waals surface area contributed by atoms with Crippen molar-refractivity contribution in [2.45, 2.75) is 33.3 Å². The summed E-state index contributed by atoms with van der Waals surface area (Å²) in [5.41, 5.74) is 4.40. The first-order valence-corrected chi connectivity index (χ1v) is 7.13. The lowest BCUT2D eigenvalue weighted by atomic mass is 10.1. The molecule has 1 N–H and O–H groups in total. The monoisotopic (exact) mass is 283 g/mol. The number of oxime groups is 1. The van der Waals surface area contributed by atoms with Crippen LogP contribution in [-0.4, -0.2) is 10.9 Å². The summed E-state index contributed by atoms with van der Waals surface area (Å²) in [5, 5.41) is 11.8. The standard InChI is InChI=1S/C18H21NO2/c1-14-5-3-4-6-17(14)13-21-18-11-9-16(10-12-18)8-7-15(2)19-20/h3-6,9-12,20H,7-8,13H2,1-2H3/b19-15+. The first-order valence-electron chi connectivity index (χ1n) is 7.13. The number of hydrogen-bond donors (Lipinski definition) is 1. The molecule has 0 heterocycles. The van der Waals surface area contributed by atoms with E-state index >= 15 is 0 Å². The van der Waals surface area contributed by atoms with Gasteiger partial charge in [-0.2, -0.15) is 0 Å². The van der Waals surface area contributed by atoms with Crippen molar-refractivity contribution in [3.05, 3.63) is 65.2 Å². The van der Waals surface area contributed by atoms with Gasteiger partial charge in [0.15, 0.2) is 0 Å². The summed E-state index contributed by atoms with van der Waals surface area (Å²) in [5.74, 6) is 0.870. The van der Waals surface area contributed by atoms with E-state index in [1.807, 2.05) is 31.2 Å². The average Bonchev–Trinajstić information content (AvgIpc) is 2.53. The van der Waals surface area contributed by atoms with Crippen LogP contribution in [-0.2, 0) is 13.0 Å². The minimum atomic E-state index is 0.586. The van der Waals surface area contributed by atoms with Crippen molar-refractivity contribution >= 4 is 5.71 Å². The Hall–Kier alpha value is -2.29. The Balaban J connectivity index is 1.89. The van der Waals surface area contributed by atoms with E-state index < -0.39 is 0 Å². The second kappa shape index (κ2) is 7.48. The Morgan fingerprint density at radius 2 is 1.81 bits per heavy atom. The molecule has 0 spiro atoms. The molecule has 110 valence electrons. The van der Waals surface area contributed by atoms with E-state index in [4.69, 9.17) is 9.94 Å². The quantitative estimate of drug-likeness (QED) is 0.486. The van der Waals surface area contributed by atoms with Crippen LogP contribution >= 0.6 is 0 Å². The maximum Gasteiger partial charge on any atom is 0.119 e. The summed E-state index contributed by atoms with van der Waals surface area (Å²) >= 11 is 0. The number of rotatable bonds is 6. The summed E-state index contributed by atoms with van der Waals surface area (Å²) in [6.07, 6.45) is 1.63. The predicted octanol–water partition coefficient (Wildman–Crippen LogP) is 4.36. The van der Waals surface area contributed by atoms with Crippen molar-refractivity contribution < 1.29 is 9.94 Å². The second-order valence-corrected chi connectivity index (χ2v) is 5.19. The van der Waals surface area contributed by atoms with Gasteiger partial charge < -0.3 is 9.94 Å². The molecule has 0 aromatic heterocycles. The minimum absolute atomic E-state index is 0.586. The van der Waals surface area contributed by atoms with E-state index in [1.165, 1.54) is 16.7 Å². The number of nitrogens with zero attached hydrogens (tertiary/aromatic N) is 1. The van der Waals surface area contributed by atoms with Crippen LogP contribution in [0.5, 0.6) is 5.75 Å². The summed E-state index contributed by atoms with van der Waals surface area (Å²) < 4.78 is 5.81. The zero-order chi connectivity index (χ0) is 15.1. The van der Waals surface area contributed by atoms with Gasteiger partial charge in [0.2, 0.25) is 0 Å². The molecule has 2 rings (SSSR count). The molecule has 2 aromatic carbocycles. The summed E-state index contributed by atoms with van der Waals surface area (Å²) in [7, 11) is 0. The van der Waals surface area contributed by atoms with Crippen LogP contribution in [0.1, 0.15) is 30.0 Å². The molecule has 3 nitrogen and oxygen atoms in total. The van der Waals surface area contributed by atoms with Crippen LogP contribution in [0.25, 0.3) is 0 Å². The predicted molar refractivity (Wildman–Crippen MR) is 85.2 cm³/mol. The van der Waals surface area contributed by atoms with Crippen LogP contribution in [0.3, 0.4) is 0 Å². The zero-order valence-corrected chi connectivity index (χ0v) is 12.5. The van der Waals surface area contributed by atoms with E-state index in [0.29, 0.717) is 6.61 Å². The molecule has 2 aromatic rings. The molecule has 0 amide bonds. The van der Waals surface area contributed by atoms with Gasteiger partial charge in [0.1, 0.15) is 12.4 Å². The Morgan fingerprint density at radius 1 is 1.10 bits per heavy atom. The molecular weight excluding hydrogens is 262 g/mol. The van der Waals surface area contributed by atoms with E-state index in [0.717, 1.165) is 24.3 Å². The molecule has 0 unspecified atom stereocenters. The van der Waals surface area contributed by atoms with Gasteiger partial charge in [-0.05, 0) is 55.5 Å². The summed E-state index contributed by atoms with van der Waals surface area (Å²) in [4.78, 5) is 0. The number of benzene rings is 2. The Kier molecular flexibility index (Phi) is 5.38. The van der Waals surface area contributed by atoms with Crippen LogP contribution in [0.15, 0.2) is 53.7 Å². The van der Waals surface area contributed by atoms with Gasteiger partial charge in [-0.1, -0.05) is 41.6 Å². The Morgan fingerprint density at radius 3 is 2.48 bits per heavy atom. The van der Waals surface area contributed by atoms with Gasteiger partial charge in [0.25, 0.3) is 0 Å². The van der Waals surface area contributed by atoms with Crippen molar-refractivity contribution in [2.75, 3.05) is 0 Å². The SMILES string of the molecule is C/C(CCc1ccc(OCc2ccccc2C)cc1)=N\O. The van der Waals surface area contributed by atoms with E-state index in [1.54, 1.807) is 0 Å². The fraction of sp³-hybridized carbons (Fsp3) is 0.278. The molecule has 0 atom stereocenters. The lowest BCUT2D eigenvalue weighted by molar-refractivity contribution is 0.305. The highest BCUT2D eigenvalue weighted by Gasteiger charge is 2.00. The lowest BCUT2D eigenvalue weighted by Gasteiger charge is -2.09. The Bertz CT molecular complexity index is 603. The molecule has 0 aliphatic rings. The summed E-state index contributed by atoms with van der Waals surface area (Å²) in [6, 6.07) is 16.3. The van der Waals surface area contributed by atoms with Gasteiger partial charge in [0.05, 0.1) is 5.71 Å². The fourth-order valence-electron chi connectivity index (χ4n) is 2.06. The maximum absolute atomic E-state index is 8.63. The van der Waals surface area contributed by atoms with Crippen LogP contribution < -0.4 is 4.74 Å². The molecule has 0 aliphatic carbocycles. The molecule has 21 heavy (non-hydrogen) atoms. The van der Waals surface area contributed by atoms with Gasteiger partial charge in [-0.25, -0.2) is 0 Å². The Labute approximate surface area is 125 Å². The molecule has 0 bridgehead atoms. The number of hydrogen-bond acceptors (Lipinski definition) is 3. The molecule has 3 heteroatoms. The molecule has 0 fully saturated rings. The zero-order valence-electron chi connectivity index (χ0n) is 12.5. The third-order valence-electron chi connectivity index (χ3n) is 3.53. The first-order chi connectivity index (χ1) is 10.2. The van der Waals surface area contributed by atoms with Gasteiger partial charge in [-0.3, -0.25) is 0 Å². The van der Waals surface area contributed by atoms with Crippen molar-refractivity contribution in [3.8, 4) is 5.75 Å². The number of ether oxygens (including phenoxy) is 1. The molecule has 0 saturated carbocycles. The van der Waals surface area contributed by atoms with Gasteiger partial charge in [-0.15, -0.1) is 0 Å². The molecule has 0 aliphatic heterocycles. The van der Waals surface area contributed by atoms with E-state index in [2.05, 4.69) is 36.3 Å². The van der Waals surface area contributed by atoms with Crippen molar-refractivity contribution in [1.29, 1.82) is 0 Å². The highest BCUT2D eigenvalue weighted by atomic mass is 16.5. The van der Waals surface area contributed by atoms with Gasteiger partial charge >= 0.3 is 0 Å². The van der Waals surface area contributed by atoms with Crippen LogP contribution in [0.2, 0.25) is 0 Å². The molecule has 0 radical (unpaired) electrons. The highest BCUT2D eigenvalue weighted by Crippen LogP contribution is 2.16.